The quantitative estimate of drug-likeness (QED) is 0.857. The number of sulfonamides is 1. The van der Waals surface area contributed by atoms with Crippen LogP contribution in [0.3, 0.4) is 0 Å². The van der Waals surface area contributed by atoms with Crippen LogP contribution < -0.4 is 0 Å². The van der Waals surface area contributed by atoms with Gasteiger partial charge >= 0.3 is 0 Å². The molecule has 0 amide bonds. The smallest absolute Gasteiger partial charge is 0.218 e. The van der Waals surface area contributed by atoms with E-state index in [0.717, 1.165) is 24.8 Å². The summed E-state index contributed by atoms with van der Waals surface area (Å²) in [6.45, 7) is 1.29. The monoisotopic (exact) mass is 309 g/mol. The van der Waals surface area contributed by atoms with Crippen molar-refractivity contribution in [1.82, 2.24) is 4.31 Å². The van der Waals surface area contributed by atoms with Crippen LogP contribution in [0, 0.1) is 11.8 Å². The van der Waals surface area contributed by atoms with Crippen molar-refractivity contribution < 1.29 is 13.2 Å². The Labute approximate surface area is 127 Å². The highest BCUT2D eigenvalue weighted by Gasteiger charge is 2.43. The third-order valence-electron chi connectivity index (χ3n) is 4.89. The molecule has 2 fully saturated rings. The van der Waals surface area contributed by atoms with E-state index in [-0.39, 0.29) is 11.9 Å². The summed E-state index contributed by atoms with van der Waals surface area (Å²) in [6.07, 6.45) is 3.55. The van der Waals surface area contributed by atoms with Crippen LogP contribution in [0.1, 0.15) is 24.8 Å². The van der Waals surface area contributed by atoms with Gasteiger partial charge in [0.05, 0.1) is 11.9 Å². The van der Waals surface area contributed by atoms with Crippen molar-refractivity contribution in [2.45, 2.75) is 31.1 Å². The molecule has 0 unspecified atom stereocenters. The molecule has 2 aliphatic rings. The molecular weight excluding hydrogens is 286 g/mol. The lowest BCUT2D eigenvalue weighted by atomic mass is 9.79. The Hall–Kier alpha value is -0.910. The molecule has 1 saturated carbocycles. The first-order valence-corrected chi connectivity index (χ1v) is 9.25. The van der Waals surface area contributed by atoms with Crippen LogP contribution in [-0.4, -0.2) is 39.0 Å². The van der Waals surface area contributed by atoms with Gasteiger partial charge < -0.3 is 4.74 Å². The highest BCUT2D eigenvalue weighted by atomic mass is 32.2. The number of nitrogens with zero attached hydrogens (tertiary/aromatic N) is 1. The van der Waals surface area contributed by atoms with Crippen molar-refractivity contribution in [1.29, 1.82) is 0 Å². The van der Waals surface area contributed by atoms with Crippen LogP contribution in [0.15, 0.2) is 30.3 Å². The largest absolute Gasteiger partial charge is 0.381 e. The molecule has 116 valence electrons. The molecule has 0 spiro atoms. The second-order valence-electron chi connectivity index (χ2n) is 6.19. The molecule has 5 heteroatoms. The zero-order chi connectivity index (χ0) is 14.9. The number of fused-ring (bicyclic) bond motifs is 1. The van der Waals surface area contributed by atoms with Crippen LogP contribution in [0.4, 0.5) is 0 Å². The molecule has 1 aromatic rings. The van der Waals surface area contributed by atoms with Crippen LogP contribution in [0.5, 0.6) is 0 Å². The lowest BCUT2D eigenvalue weighted by molar-refractivity contribution is 0.0133. The van der Waals surface area contributed by atoms with E-state index >= 15 is 0 Å². The predicted octanol–water partition coefficient (Wildman–Crippen LogP) is 2.26. The van der Waals surface area contributed by atoms with Crippen LogP contribution in [0.2, 0.25) is 0 Å². The molecule has 1 aliphatic heterocycles. The Morgan fingerprint density at radius 1 is 1.19 bits per heavy atom. The number of benzene rings is 1. The van der Waals surface area contributed by atoms with Crippen molar-refractivity contribution in [2.24, 2.45) is 11.8 Å². The van der Waals surface area contributed by atoms with E-state index in [1.54, 1.807) is 11.4 Å². The molecule has 1 saturated heterocycles. The Morgan fingerprint density at radius 3 is 2.67 bits per heavy atom. The Kier molecular flexibility index (Phi) is 4.33. The number of methoxy groups -OCH3 is 1. The van der Waals surface area contributed by atoms with Gasteiger partial charge in [-0.25, -0.2) is 12.7 Å². The fourth-order valence-corrected chi connectivity index (χ4v) is 5.39. The topological polar surface area (TPSA) is 46.6 Å². The Bertz CT molecular complexity index is 572. The van der Waals surface area contributed by atoms with Crippen molar-refractivity contribution >= 4 is 10.0 Å². The van der Waals surface area contributed by atoms with Gasteiger partial charge in [-0.15, -0.1) is 0 Å². The maximum atomic E-state index is 12.6. The normalized spacial score (nSPS) is 30.2. The fourth-order valence-electron chi connectivity index (χ4n) is 3.77. The summed E-state index contributed by atoms with van der Waals surface area (Å²) >= 11 is 0. The minimum absolute atomic E-state index is 0.102. The molecule has 0 radical (unpaired) electrons. The third kappa shape index (κ3) is 3.15. The van der Waals surface area contributed by atoms with Gasteiger partial charge in [-0.3, -0.25) is 0 Å². The summed E-state index contributed by atoms with van der Waals surface area (Å²) in [7, 11) is -1.48. The second-order valence-corrected chi connectivity index (χ2v) is 8.16. The Morgan fingerprint density at radius 2 is 1.95 bits per heavy atom. The molecule has 0 bridgehead atoms. The molecule has 3 atom stereocenters. The van der Waals surface area contributed by atoms with E-state index in [9.17, 15) is 8.42 Å². The molecule has 1 aromatic carbocycles. The fraction of sp³-hybridized carbons (Fsp3) is 0.625. The number of hydrogen-bond donors (Lipinski definition) is 0. The average Bonchev–Trinajstić information content (AvgIpc) is 2.92. The van der Waals surface area contributed by atoms with E-state index in [1.807, 2.05) is 30.3 Å². The SMILES string of the molecule is CO[C@@H]1CCC[C@@H]2CN(S(=O)(=O)Cc3ccccc3)C[C@@H]21. The number of hydrogen-bond acceptors (Lipinski definition) is 3. The van der Waals surface area contributed by atoms with E-state index in [1.165, 1.54) is 0 Å². The third-order valence-corrected chi connectivity index (χ3v) is 6.67. The molecule has 1 aliphatic carbocycles. The van der Waals surface area contributed by atoms with Crippen LogP contribution >= 0.6 is 0 Å². The minimum Gasteiger partial charge on any atom is -0.381 e. The van der Waals surface area contributed by atoms with E-state index in [0.29, 0.717) is 24.9 Å². The maximum absolute atomic E-state index is 12.6. The number of ether oxygens (including phenoxy) is 1. The lowest BCUT2D eigenvalue weighted by Crippen LogP contribution is -2.34. The molecule has 21 heavy (non-hydrogen) atoms. The standard InChI is InChI=1S/C16H23NO3S/c1-20-16-9-5-8-14-10-17(11-15(14)16)21(18,19)12-13-6-3-2-4-7-13/h2-4,6-7,14-16H,5,8-12H2,1H3/t14-,15+,16-/m1/s1. The van der Waals surface area contributed by atoms with Crippen molar-refractivity contribution in [2.75, 3.05) is 20.2 Å². The summed E-state index contributed by atoms with van der Waals surface area (Å²) in [6, 6.07) is 9.42. The number of rotatable bonds is 4. The van der Waals surface area contributed by atoms with Crippen LogP contribution in [0.25, 0.3) is 0 Å². The highest BCUT2D eigenvalue weighted by molar-refractivity contribution is 7.88. The average molecular weight is 309 g/mol. The van der Waals surface area contributed by atoms with Crippen molar-refractivity contribution in [3.63, 3.8) is 0 Å². The van der Waals surface area contributed by atoms with Gasteiger partial charge in [0.25, 0.3) is 0 Å². The summed E-state index contributed by atoms with van der Waals surface area (Å²) < 4.78 is 32.5. The van der Waals surface area contributed by atoms with Gasteiger partial charge in [0.2, 0.25) is 10.0 Å². The van der Waals surface area contributed by atoms with E-state index in [4.69, 9.17) is 4.74 Å². The van der Waals surface area contributed by atoms with Crippen LogP contribution in [-0.2, 0) is 20.5 Å². The first-order valence-electron chi connectivity index (χ1n) is 7.64. The van der Waals surface area contributed by atoms with E-state index in [2.05, 4.69) is 0 Å². The summed E-state index contributed by atoms with van der Waals surface area (Å²) in [5, 5.41) is 0. The second kappa shape index (κ2) is 6.07. The maximum Gasteiger partial charge on any atom is 0.218 e. The summed E-state index contributed by atoms with van der Waals surface area (Å²) in [5.74, 6) is 0.939. The van der Waals surface area contributed by atoms with E-state index < -0.39 is 10.0 Å². The minimum atomic E-state index is -3.23. The first-order chi connectivity index (χ1) is 10.1. The molecule has 1 heterocycles. The first kappa shape index (κ1) is 15.0. The lowest BCUT2D eigenvalue weighted by Gasteiger charge is -2.31. The molecule has 4 nitrogen and oxygen atoms in total. The molecule has 3 rings (SSSR count). The highest BCUT2D eigenvalue weighted by Crippen LogP contribution is 2.39. The molecular formula is C16H23NO3S. The van der Waals surface area contributed by atoms with Gasteiger partial charge in [-0.05, 0) is 24.3 Å². The molecule has 0 aromatic heterocycles. The van der Waals surface area contributed by atoms with Crippen molar-refractivity contribution in [3.8, 4) is 0 Å². The molecule has 0 N–H and O–H groups in total. The van der Waals surface area contributed by atoms with Gasteiger partial charge in [0.15, 0.2) is 0 Å². The zero-order valence-corrected chi connectivity index (χ0v) is 13.3. The van der Waals surface area contributed by atoms with Gasteiger partial charge in [0, 0.05) is 26.1 Å². The van der Waals surface area contributed by atoms with Gasteiger partial charge in [-0.1, -0.05) is 36.8 Å². The Balaban J connectivity index is 1.72. The van der Waals surface area contributed by atoms with Crippen molar-refractivity contribution in [3.05, 3.63) is 35.9 Å². The van der Waals surface area contributed by atoms with Gasteiger partial charge in [-0.2, -0.15) is 0 Å². The van der Waals surface area contributed by atoms with Gasteiger partial charge in [0.1, 0.15) is 0 Å². The summed E-state index contributed by atoms with van der Waals surface area (Å²) in [5.41, 5.74) is 0.857. The predicted molar refractivity (Wildman–Crippen MR) is 82.3 cm³/mol. The zero-order valence-electron chi connectivity index (χ0n) is 12.4. The summed E-state index contributed by atoms with van der Waals surface area (Å²) in [4.78, 5) is 0.